The first kappa shape index (κ1) is 17.1. The van der Waals surface area contributed by atoms with E-state index in [1.807, 2.05) is 12.1 Å². The molecule has 8 heteroatoms. The number of phenolic OH excluding ortho intramolecular Hbond substituents is 1. The number of benzene rings is 2. The number of carbonyl (C=O) groups is 1. The number of hydrogen-bond donors (Lipinski definition) is 4. The molecule has 0 bridgehead atoms. The fraction of sp³-hybridized carbons (Fsp3) is 0.0952. The number of ether oxygens (including phenoxy) is 1. The van der Waals surface area contributed by atoms with Crippen LogP contribution in [0.3, 0.4) is 0 Å². The lowest BCUT2D eigenvalue weighted by atomic mass is 9.81. The molecule has 29 heavy (non-hydrogen) atoms. The second-order valence-corrected chi connectivity index (χ2v) is 6.87. The number of aromatic nitrogens is 2. The summed E-state index contributed by atoms with van der Waals surface area (Å²) in [6.45, 7) is 0. The Morgan fingerprint density at radius 1 is 1.14 bits per heavy atom. The Balaban J connectivity index is 1.82. The summed E-state index contributed by atoms with van der Waals surface area (Å²) in [4.78, 5) is 32.9. The van der Waals surface area contributed by atoms with Gasteiger partial charge in [0.15, 0.2) is 17.3 Å². The second-order valence-electron chi connectivity index (χ2n) is 6.87. The van der Waals surface area contributed by atoms with Gasteiger partial charge in [-0.25, -0.2) is 0 Å². The first-order valence-electron chi connectivity index (χ1n) is 8.91. The predicted octanol–water partition coefficient (Wildman–Crippen LogP) is 2.23. The Hall–Kier alpha value is -4.07. The summed E-state index contributed by atoms with van der Waals surface area (Å²) in [7, 11) is 1.44. The number of allylic oxidation sites excluding steroid dienone is 1. The molecule has 1 aliphatic carbocycles. The molecule has 0 unspecified atom stereocenters. The maximum Gasteiger partial charge on any atom is 0.258 e. The number of H-pyrrole nitrogens is 1. The number of aromatic hydroxyl groups is 1. The summed E-state index contributed by atoms with van der Waals surface area (Å²) in [5.41, 5.74) is 8.56. The Bertz CT molecular complexity index is 1290. The molecule has 3 aromatic rings. The van der Waals surface area contributed by atoms with Gasteiger partial charge in [-0.3, -0.25) is 14.6 Å². The molecule has 144 valence electrons. The molecule has 1 aliphatic heterocycles. The van der Waals surface area contributed by atoms with Crippen LogP contribution in [0.25, 0.3) is 5.70 Å². The van der Waals surface area contributed by atoms with E-state index in [1.54, 1.807) is 24.3 Å². The predicted molar refractivity (Wildman–Crippen MR) is 107 cm³/mol. The number of nitrogens with two attached hydrogens (primary N) is 1. The van der Waals surface area contributed by atoms with Crippen LogP contribution in [0.2, 0.25) is 0 Å². The number of aromatic amines is 1. The second kappa shape index (κ2) is 5.96. The Kier molecular flexibility index (Phi) is 3.51. The number of hydrogen-bond acceptors (Lipinski definition) is 7. The molecule has 0 spiro atoms. The number of anilines is 2. The molecule has 1 aromatic heterocycles. The van der Waals surface area contributed by atoms with E-state index in [1.165, 1.54) is 13.2 Å². The molecule has 5 N–H and O–H groups in total. The number of fused-ring (bicyclic) bond motifs is 3. The lowest BCUT2D eigenvalue weighted by Crippen LogP contribution is -2.28. The van der Waals surface area contributed by atoms with Gasteiger partial charge in [0.2, 0.25) is 5.95 Å². The van der Waals surface area contributed by atoms with Gasteiger partial charge in [0.1, 0.15) is 5.82 Å². The van der Waals surface area contributed by atoms with Crippen molar-refractivity contribution in [2.75, 3.05) is 18.2 Å². The van der Waals surface area contributed by atoms with Crippen LogP contribution in [0.1, 0.15) is 33.0 Å². The van der Waals surface area contributed by atoms with Gasteiger partial charge in [0, 0.05) is 22.6 Å². The zero-order valence-corrected chi connectivity index (χ0v) is 15.3. The number of ketones is 1. The molecule has 2 aliphatic rings. The van der Waals surface area contributed by atoms with Gasteiger partial charge >= 0.3 is 0 Å². The highest BCUT2D eigenvalue weighted by Crippen LogP contribution is 2.48. The SMILES string of the molecule is COc1cc([C@@H]2C3=C(Nc4nc(N)[nH]c(=O)c42)c2ccccc2C3=O)ccc1O. The van der Waals surface area contributed by atoms with Gasteiger partial charge in [0.25, 0.3) is 5.56 Å². The number of nitrogens with one attached hydrogen (secondary N) is 2. The lowest BCUT2D eigenvalue weighted by molar-refractivity contribution is 0.103. The van der Waals surface area contributed by atoms with Crippen LogP contribution in [0.5, 0.6) is 11.5 Å². The molecule has 1 atom stereocenters. The summed E-state index contributed by atoms with van der Waals surface area (Å²) in [6.07, 6.45) is 0. The molecule has 0 radical (unpaired) electrons. The summed E-state index contributed by atoms with van der Waals surface area (Å²) in [5, 5.41) is 13.1. The van der Waals surface area contributed by atoms with E-state index in [2.05, 4.69) is 15.3 Å². The fourth-order valence-electron chi connectivity index (χ4n) is 4.05. The number of Topliss-reactive ketones (excluding diaryl/α,β-unsaturated/α-hetero) is 1. The van der Waals surface area contributed by atoms with Gasteiger partial charge in [-0.2, -0.15) is 4.98 Å². The topological polar surface area (TPSA) is 130 Å². The van der Waals surface area contributed by atoms with Crippen LogP contribution in [0.15, 0.2) is 52.8 Å². The molecule has 2 heterocycles. The zero-order chi connectivity index (χ0) is 20.3. The van der Waals surface area contributed by atoms with Gasteiger partial charge in [0.05, 0.1) is 18.4 Å². The third-order valence-electron chi connectivity index (χ3n) is 5.29. The minimum atomic E-state index is -0.701. The summed E-state index contributed by atoms with van der Waals surface area (Å²) >= 11 is 0. The molecule has 0 fully saturated rings. The Morgan fingerprint density at radius 3 is 2.66 bits per heavy atom. The van der Waals surface area contributed by atoms with Crippen LogP contribution in [-0.4, -0.2) is 28.0 Å². The Labute approximate surface area is 164 Å². The highest BCUT2D eigenvalue weighted by Gasteiger charge is 2.42. The van der Waals surface area contributed by atoms with E-state index in [0.717, 1.165) is 5.56 Å². The van der Waals surface area contributed by atoms with Crippen LogP contribution in [0, 0.1) is 0 Å². The van der Waals surface area contributed by atoms with Gasteiger partial charge in [-0.05, 0) is 17.7 Å². The first-order valence-corrected chi connectivity index (χ1v) is 8.91. The smallest absolute Gasteiger partial charge is 0.258 e. The van der Waals surface area contributed by atoms with Crippen LogP contribution >= 0.6 is 0 Å². The lowest BCUT2D eigenvalue weighted by Gasteiger charge is -2.27. The molecular weight excluding hydrogens is 372 g/mol. The van der Waals surface area contributed by atoms with Crippen molar-refractivity contribution in [2.24, 2.45) is 0 Å². The zero-order valence-electron chi connectivity index (χ0n) is 15.3. The normalized spacial score (nSPS) is 16.7. The summed E-state index contributed by atoms with van der Waals surface area (Å²) < 4.78 is 5.23. The van der Waals surface area contributed by atoms with Crippen LogP contribution in [0.4, 0.5) is 11.8 Å². The Morgan fingerprint density at radius 2 is 1.90 bits per heavy atom. The van der Waals surface area contributed by atoms with Gasteiger partial charge in [-0.1, -0.05) is 30.3 Å². The third kappa shape index (κ3) is 2.35. The number of nitrogens with zero attached hydrogens (tertiary/aromatic N) is 1. The van der Waals surface area contributed by atoms with Crippen molar-refractivity contribution in [1.82, 2.24) is 9.97 Å². The maximum absolute atomic E-state index is 13.3. The van der Waals surface area contributed by atoms with Crippen LogP contribution < -0.4 is 21.3 Å². The van der Waals surface area contributed by atoms with E-state index in [4.69, 9.17) is 10.5 Å². The molecule has 2 aromatic carbocycles. The number of phenols is 1. The number of methoxy groups -OCH3 is 1. The molecular formula is C21H16N4O4. The van der Waals surface area contributed by atoms with Crippen molar-refractivity contribution >= 4 is 23.2 Å². The standard InChI is InChI=1S/C21H16N4O4/c1-29-13-8-9(6-7-12(13)26)14-15-17(10-4-2-3-5-11(10)18(15)27)23-19-16(14)20(28)25-21(22)24-19/h2-8,14,26H,1H3,(H4,22,23,24,25,28)/t14-/m1/s1. The average Bonchev–Trinajstić information content (AvgIpc) is 2.99. The molecule has 0 saturated carbocycles. The van der Waals surface area contributed by atoms with Crippen molar-refractivity contribution < 1.29 is 14.6 Å². The van der Waals surface area contributed by atoms with Crippen molar-refractivity contribution in [3.63, 3.8) is 0 Å². The summed E-state index contributed by atoms with van der Waals surface area (Å²) in [5.74, 6) is -0.386. The molecule has 0 amide bonds. The monoisotopic (exact) mass is 388 g/mol. The van der Waals surface area contributed by atoms with Gasteiger partial charge < -0.3 is 20.9 Å². The molecule has 8 nitrogen and oxygen atoms in total. The summed E-state index contributed by atoms with van der Waals surface area (Å²) in [6, 6.07) is 12.0. The van der Waals surface area contributed by atoms with Crippen molar-refractivity contribution in [2.45, 2.75) is 5.92 Å². The van der Waals surface area contributed by atoms with Crippen molar-refractivity contribution in [3.05, 3.63) is 80.6 Å². The van der Waals surface area contributed by atoms with E-state index in [0.29, 0.717) is 28.2 Å². The van der Waals surface area contributed by atoms with Gasteiger partial charge in [-0.15, -0.1) is 0 Å². The van der Waals surface area contributed by atoms with E-state index < -0.39 is 11.5 Å². The minimum absolute atomic E-state index is 0.0232. The number of carbonyl (C=O) groups excluding carboxylic acids is 1. The quantitative estimate of drug-likeness (QED) is 0.529. The molecule has 0 saturated heterocycles. The third-order valence-corrected chi connectivity index (χ3v) is 5.29. The number of nitrogen functional groups attached to an aromatic ring is 1. The molecule has 5 rings (SSSR count). The van der Waals surface area contributed by atoms with E-state index in [9.17, 15) is 14.7 Å². The highest BCUT2D eigenvalue weighted by molar-refractivity contribution is 6.23. The van der Waals surface area contributed by atoms with Crippen LogP contribution in [-0.2, 0) is 0 Å². The minimum Gasteiger partial charge on any atom is -0.504 e. The maximum atomic E-state index is 13.3. The highest BCUT2D eigenvalue weighted by atomic mass is 16.5. The largest absolute Gasteiger partial charge is 0.504 e. The fourth-order valence-corrected chi connectivity index (χ4v) is 4.05. The first-order chi connectivity index (χ1) is 14.0. The van der Waals surface area contributed by atoms with E-state index >= 15 is 0 Å². The number of rotatable bonds is 2. The van der Waals surface area contributed by atoms with Crippen molar-refractivity contribution in [1.29, 1.82) is 0 Å². The van der Waals surface area contributed by atoms with E-state index in [-0.39, 0.29) is 28.8 Å². The average molecular weight is 388 g/mol. The van der Waals surface area contributed by atoms with Crippen molar-refractivity contribution in [3.8, 4) is 11.5 Å².